The van der Waals surface area contributed by atoms with Gasteiger partial charge in [0.15, 0.2) is 0 Å². The molecule has 0 aromatic heterocycles. The highest BCUT2D eigenvalue weighted by Gasteiger charge is 2.49. The van der Waals surface area contributed by atoms with E-state index in [1.54, 1.807) is 0 Å². The van der Waals surface area contributed by atoms with E-state index in [2.05, 4.69) is 315 Å². The van der Waals surface area contributed by atoms with Crippen LogP contribution in [0, 0.1) is 0 Å². The Balaban J connectivity index is 0.948. The van der Waals surface area contributed by atoms with E-state index in [4.69, 9.17) is 0 Å². The Morgan fingerprint density at radius 2 is 0.636 bits per heavy atom. The molecule has 0 radical (unpaired) electrons. The topological polar surface area (TPSA) is 3.24 Å². The molecule has 1 atom stereocenters. The molecule has 0 N–H and O–H groups in total. The summed E-state index contributed by atoms with van der Waals surface area (Å²) in [6, 6.07) is 113. The van der Waals surface area contributed by atoms with E-state index < -0.39 is 10.8 Å². The van der Waals surface area contributed by atoms with E-state index in [9.17, 15) is 0 Å². The van der Waals surface area contributed by atoms with Gasteiger partial charge in [-0.2, -0.15) is 0 Å². The molecule has 3 aliphatic rings. The monoisotopic (exact) mass is 979 g/mol. The van der Waals surface area contributed by atoms with Crippen LogP contribution < -0.4 is 4.90 Å². The Kier molecular flexibility index (Phi) is 10.2. The molecular formula is C76H53N. The molecule has 0 saturated heterocycles. The molecule has 0 amide bonds. The summed E-state index contributed by atoms with van der Waals surface area (Å²) in [6.45, 7) is 2.42. The van der Waals surface area contributed by atoms with Gasteiger partial charge in [-0.25, -0.2) is 0 Å². The quantitative estimate of drug-likeness (QED) is 0.139. The molecule has 1 unspecified atom stereocenters. The summed E-state index contributed by atoms with van der Waals surface area (Å²) in [5, 5.41) is 0. The lowest BCUT2D eigenvalue weighted by Crippen LogP contribution is -2.28. The molecule has 77 heavy (non-hydrogen) atoms. The molecule has 0 spiro atoms. The van der Waals surface area contributed by atoms with Crippen molar-refractivity contribution in [2.45, 2.75) is 23.2 Å². The number of fused-ring (bicyclic) bond motifs is 9. The molecule has 0 aliphatic heterocycles. The van der Waals surface area contributed by atoms with Crippen molar-refractivity contribution in [2.24, 2.45) is 0 Å². The molecule has 1 nitrogen and oxygen atoms in total. The van der Waals surface area contributed by atoms with Crippen molar-refractivity contribution in [1.29, 1.82) is 0 Å². The average Bonchev–Trinajstić information content (AvgIpc) is 4.31. The normalized spacial score (nSPS) is 15.6. The van der Waals surface area contributed by atoms with Gasteiger partial charge in [-0.05, 0) is 143 Å². The third-order valence-corrected chi connectivity index (χ3v) is 17.5. The van der Waals surface area contributed by atoms with E-state index in [0.717, 1.165) is 17.1 Å². The molecule has 12 aromatic carbocycles. The average molecular weight is 980 g/mol. The Morgan fingerprint density at radius 3 is 1.21 bits per heavy atom. The van der Waals surface area contributed by atoms with Crippen LogP contribution in [-0.2, 0) is 16.2 Å². The SMILES string of the molecule is CC1(c2ccccc2)c2ccccc2-c2ccc(N(c3ccc(-c4ccc5c(c4)C(c4ccccc4)(c4ccccc4)c4ccccc4-5)cc3)c3cccc4c3-c3ccccc3C4(c3ccccc3)c3ccccc3)cc21. The van der Waals surface area contributed by atoms with E-state index >= 15 is 0 Å². The van der Waals surface area contributed by atoms with E-state index in [-0.39, 0.29) is 5.41 Å². The predicted octanol–water partition coefficient (Wildman–Crippen LogP) is 18.9. The number of nitrogens with zero attached hydrogens (tertiary/aromatic N) is 1. The van der Waals surface area contributed by atoms with Crippen molar-refractivity contribution in [1.82, 2.24) is 0 Å². The lowest BCUT2D eigenvalue weighted by molar-refractivity contribution is 0.714. The van der Waals surface area contributed by atoms with E-state index in [1.165, 1.54) is 106 Å². The molecule has 12 aromatic rings. The molecule has 3 aliphatic carbocycles. The molecular weight excluding hydrogens is 927 g/mol. The molecule has 0 saturated carbocycles. The second kappa shape index (κ2) is 17.5. The van der Waals surface area contributed by atoms with Crippen molar-refractivity contribution in [2.75, 3.05) is 4.90 Å². The first-order valence-corrected chi connectivity index (χ1v) is 27.0. The minimum absolute atomic E-state index is 0.373. The number of hydrogen-bond acceptors (Lipinski definition) is 1. The number of benzene rings is 12. The highest BCUT2D eigenvalue weighted by molar-refractivity contribution is 5.98. The highest BCUT2D eigenvalue weighted by Crippen LogP contribution is 2.61. The molecule has 1 heteroatoms. The maximum atomic E-state index is 2.54. The lowest BCUT2D eigenvalue weighted by atomic mass is 9.67. The summed E-state index contributed by atoms with van der Waals surface area (Å²) in [5.41, 5.74) is 26.0. The van der Waals surface area contributed by atoms with Crippen molar-refractivity contribution >= 4 is 17.1 Å². The fourth-order valence-corrected chi connectivity index (χ4v) is 14.2. The largest absolute Gasteiger partial charge is 0.310 e. The minimum atomic E-state index is -0.548. The summed E-state index contributed by atoms with van der Waals surface area (Å²) in [7, 11) is 0. The standard InChI is InChI=1S/C76H53N/c1-74(54-24-7-2-8-25-54)66-37-20-17-34-61(66)63-49-47-60(51-70(63)74)77(72-41-23-40-69-73(72)65-36-19-22-39-68(65)75(69,55-26-9-3-10-27-55)56-28-11-4-12-29-56)59-45-42-52(43-46-59)53-44-48-64-62-35-18-21-38-67(62)76(71(64)50-53,57-30-13-5-14-31-57)58-32-15-6-16-33-58/h2-51H,1H3. The molecule has 0 fully saturated rings. The van der Waals surface area contributed by atoms with Gasteiger partial charge in [0, 0.05) is 22.4 Å². The van der Waals surface area contributed by atoms with Gasteiger partial charge >= 0.3 is 0 Å². The van der Waals surface area contributed by atoms with Crippen molar-refractivity contribution in [3.63, 3.8) is 0 Å². The van der Waals surface area contributed by atoms with Gasteiger partial charge in [-0.15, -0.1) is 0 Å². The fourth-order valence-electron chi connectivity index (χ4n) is 14.2. The first-order chi connectivity index (χ1) is 38.1. The van der Waals surface area contributed by atoms with Crippen molar-refractivity contribution in [3.05, 3.63) is 365 Å². The third kappa shape index (κ3) is 6.41. The van der Waals surface area contributed by atoms with Crippen LogP contribution in [0.25, 0.3) is 44.5 Å². The molecule has 0 bridgehead atoms. The van der Waals surface area contributed by atoms with Crippen LogP contribution in [0.15, 0.2) is 303 Å². The van der Waals surface area contributed by atoms with Gasteiger partial charge in [-0.1, -0.05) is 267 Å². The maximum Gasteiger partial charge on any atom is 0.0714 e. The summed E-state index contributed by atoms with van der Waals surface area (Å²) >= 11 is 0. The van der Waals surface area contributed by atoms with Gasteiger partial charge in [0.05, 0.1) is 16.5 Å². The van der Waals surface area contributed by atoms with Crippen LogP contribution >= 0.6 is 0 Å². The minimum Gasteiger partial charge on any atom is -0.310 e. The highest BCUT2D eigenvalue weighted by atomic mass is 15.1. The summed E-state index contributed by atoms with van der Waals surface area (Å²) < 4.78 is 0. The Morgan fingerprint density at radius 1 is 0.247 bits per heavy atom. The van der Waals surface area contributed by atoms with Crippen LogP contribution in [0.3, 0.4) is 0 Å². The van der Waals surface area contributed by atoms with Gasteiger partial charge in [0.1, 0.15) is 0 Å². The zero-order valence-corrected chi connectivity index (χ0v) is 42.8. The van der Waals surface area contributed by atoms with Crippen LogP contribution in [0.1, 0.15) is 68.1 Å². The molecule has 362 valence electrons. The molecule has 15 rings (SSSR count). The third-order valence-electron chi connectivity index (χ3n) is 17.5. The summed E-state index contributed by atoms with van der Waals surface area (Å²) in [4.78, 5) is 2.54. The Labute approximate surface area is 451 Å². The first kappa shape index (κ1) is 44.9. The fraction of sp³-hybridized carbons (Fsp3) is 0.0526. The van der Waals surface area contributed by atoms with Gasteiger partial charge in [0.25, 0.3) is 0 Å². The predicted molar refractivity (Wildman–Crippen MR) is 319 cm³/mol. The van der Waals surface area contributed by atoms with E-state index in [0.29, 0.717) is 0 Å². The second-order valence-corrected chi connectivity index (χ2v) is 21.2. The first-order valence-electron chi connectivity index (χ1n) is 27.0. The zero-order chi connectivity index (χ0) is 51.1. The van der Waals surface area contributed by atoms with Gasteiger partial charge in [0.2, 0.25) is 0 Å². The summed E-state index contributed by atoms with van der Waals surface area (Å²) in [6.07, 6.45) is 0. The van der Waals surface area contributed by atoms with Crippen LogP contribution in [0.4, 0.5) is 17.1 Å². The smallest absolute Gasteiger partial charge is 0.0714 e. The maximum absolute atomic E-state index is 2.54. The van der Waals surface area contributed by atoms with Crippen LogP contribution in [-0.4, -0.2) is 0 Å². The Bertz CT molecular complexity index is 4120. The zero-order valence-electron chi connectivity index (χ0n) is 42.8. The van der Waals surface area contributed by atoms with Crippen molar-refractivity contribution in [3.8, 4) is 44.5 Å². The summed E-state index contributed by atoms with van der Waals surface area (Å²) in [5.74, 6) is 0. The van der Waals surface area contributed by atoms with Crippen LogP contribution in [0.2, 0.25) is 0 Å². The van der Waals surface area contributed by atoms with E-state index in [1.807, 2.05) is 0 Å². The van der Waals surface area contributed by atoms with Gasteiger partial charge < -0.3 is 4.90 Å². The number of hydrogen-bond donors (Lipinski definition) is 0. The Hall–Kier alpha value is -9.56. The van der Waals surface area contributed by atoms with Crippen LogP contribution in [0.5, 0.6) is 0 Å². The van der Waals surface area contributed by atoms with Crippen molar-refractivity contribution < 1.29 is 0 Å². The number of rotatable bonds is 9. The number of anilines is 3. The lowest BCUT2D eigenvalue weighted by Gasteiger charge is -2.34. The van der Waals surface area contributed by atoms with Gasteiger partial charge in [-0.3, -0.25) is 0 Å². The second-order valence-electron chi connectivity index (χ2n) is 21.2. The molecule has 0 heterocycles.